The maximum atomic E-state index is 15.3. The molecule has 0 unspecified atom stereocenters. The number of primary amides is 2. The van der Waals surface area contributed by atoms with Gasteiger partial charge in [-0.15, -0.1) is 0 Å². The fraction of sp³-hybridized carbons (Fsp3) is 0.284. The van der Waals surface area contributed by atoms with Crippen LogP contribution in [0.15, 0.2) is 176 Å². The van der Waals surface area contributed by atoms with Crippen molar-refractivity contribution in [1.82, 2.24) is 78.8 Å². The van der Waals surface area contributed by atoms with E-state index in [1.54, 1.807) is 121 Å². The van der Waals surface area contributed by atoms with Crippen molar-refractivity contribution in [1.29, 1.82) is 0 Å². The summed E-state index contributed by atoms with van der Waals surface area (Å²) in [5.41, 5.74) is 12.9. The SMILES string of the molecule is NC(=O)C[C@H]1NC(=O)[C@@H](Cc2ccccc2)NC(=O)[C@@H]2CCCCNC(=O)c3cc(cc(c3)C(=O)N[C@@H](Cc3c[nH]c4ccccc34)C(=O)N[C@H](Cc3ccccc3)C(=O)N[C@@H](CC(=O)O)C(=O)N2)C(=O)NC[C@@H](C(=O)N[C@@H](CCCCNC(=S)Nc2ccc3c(c2)C(=O)OC32c3ccc(O)cc3Oc3cc(O)ccc32)C(N)=O)NC(=O)[C@H](Cc2c[nH]cn2)NC1=O. The Balaban J connectivity index is 0.811. The van der Waals surface area contributed by atoms with Crippen LogP contribution in [0.5, 0.6) is 23.0 Å². The number of carboxylic acids is 1. The number of amides is 13. The van der Waals surface area contributed by atoms with E-state index in [1.165, 1.54) is 36.8 Å². The highest BCUT2D eigenvalue weighted by Crippen LogP contribution is 2.57. The zero-order chi connectivity index (χ0) is 90.2. The van der Waals surface area contributed by atoms with E-state index in [4.69, 9.17) is 33.2 Å². The van der Waals surface area contributed by atoms with E-state index in [1.807, 2.05) is 0 Å². The number of aromatic hydroxyl groups is 2. The number of anilines is 1. The van der Waals surface area contributed by atoms with Gasteiger partial charge in [-0.05, 0) is 128 Å². The van der Waals surface area contributed by atoms with Crippen LogP contribution >= 0.6 is 12.2 Å². The number of nitrogens with two attached hydrogens (primary N) is 2. The Labute approximate surface area is 728 Å². The maximum Gasteiger partial charge on any atom is 0.340 e. The van der Waals surface area contributed by atoms with E-state index in [2.05, 4.69) is 84.1 Å². The minimum Gasteiger partial charge on any atom is -0.508 e. The lowest BCUT2D eigenvalue weighted by molar-refractivity contribution is -0.141. The molecule has 1 spiro atoms. The number of para-hydroxylation sites is 1. The standard InChI is InChI=1S/C88H90N18O20S/c89-72(109)39-67-83(121)103-66(36-52-42-91-44-96-52)82(120)106-69(85(123)98-61(74(90)112)19-9-12-28-93-87(127)97-51-21-24-57-56(35-51)86(124)126-88(57)58-25-22-53(107)37-70(58)125-71-38-54(108)23-26-59(71)88)43-95-76(114)48-31-47-32-49(33-48)77(115)100-65(34-50-41-94-60-18-8-7-17-55(50)60)81(119)102-64(30-46-15-5-2-6-16-46)80(118)105-68(40-73(110)111)84(122)99-62(20-10-11-27-92-75(47)113)78(116)101-63(79(117)104-67)29-45-13-3-1-4-14-45/h1-8,13-18,21-26,31-33,35,37-38,41-42,44,61-69,94,107-108H,9-12,19-20,27-30,34,36,39-40,43H2,(H2,89,109)(H2,90,112)(H,91,96)(H,92,113)(H,95,114)(H,98,123)(H,99,122)(H,100,115)(H,101,116)(H,102,119)(H,103,121)(H,104,117)(H,105,118)(H,106,120)(H,110,111)(H2,93,97,127)/t61-,62-,63+,64+,65-,66-,67+,68-,69-/m0/s1. The minimum atomic E-state index is -1.99. The largest absolute Gasteiger partial charge is 0.508 e. The summed E-state index contributed by atoms with van der Waals surface area (Å²) in [7, 11) is 0. The second-order valence-corrected chi connectivity index (χ2v) is 31.2. The average molecular weight is 1750 g/mol. The fourth-order valence-corrected chi connectivity index (χ4v) is 15.6. The van der Waals surface area contributed by atoms with Crippen molar-refractivity contribution in [2.24, 2.45) is 11.5 Å². The number of hydrogen-bond donors (Lipinski definition) is 20. The van der Waals surface area contributed by atoms with Crippen LogP contribution < -0.4 is 85.3 Å². The van der Waals surface area contributed by atoms with E-state index >= 15 is 33.6 Å². The number of ether oxygens (including phenoxy) is 2. The third-order valence-corrected chi connectivity index (χ3v) is 22.0. The molecule has 7 aromatic carbocycles. The molecule has 4 aliphatic rings. The number of phenols is 2. The summed E-state index contributed by atoms with van der Waals surface area (Å²) in [5.74, 6) is -16.6. The third kappa shape index (κ3) is 22.1. The zero-order valence-corrected chi connectivity index (χ0v) is 68.7. The number of aliphatic carboxylic acids is 1. The Kier molecular flexibility index (Phi) is 28.2. The highest BCUT2D eigenvalue weighted by Gasteiger charge is 2.54. The highest BCUT2D eigenvalue weighted by atomic mass is 32.1. The molecule has 658 valence electrons. The number of carbonyl (C=O) groups excluding carboxylic acids is 14. The van der Waals surface area contributed by atoms with Crippen LogP contribution in [0.1, 0.15) is 132 Å². The first-order valence-corrected chi connectivity index (χ1v) is 41.1. The smallest absolute Gasteiger partial charge is 0.340 e. The fourth-order valence-electron chi connectivity index (χ4n) is 15.4. The van der Waals surface area contributed by atoms with Gasteiger partial charge in [-0.25, -0.2) is 9.78 Å². The summed E-state index contributed by atoms with van der Waals surface area (Å²) < 4.78 is 12.3. The Hall–Kier alpha value is -15.6. The highest BCUT2D eigenvalue weighted by molar-refractivity contribution is 7.80. The first-order chi connectivity index (χ1) is 61.0. The summed E-state index contributed by atoms with van der Waals surface area (Å²) >= 11 is 5.65. The molecule has 9 atom stereocenters. The van der Waals surface area contributed by atoms with E-state index in [9.17, 15) is 53.7 Å². The van der Waals surface area contributed by atoms with Crippen molar-refractivity contribution in [3.63, 3.8) is 0 Å². The van der Waals surface area contributed by atoms with Gasteiger partial charge in [0, 0.05) is 120 Å². The van der Waals surface area contributed by atoms with Crippen LogP contribution in [-0.2, 0) is 88.8 Å². The average Bonchev–Trinajstić information content (AvgIpc) is 1.57. The van der Waals surface area contributed by atoms with Crippen LogP contribution in [0.2, 0.25) is 0 Å². The molecule has 0 saturated carbocycles. The number of esters is 1. The van der Waals surface area contributed by atoms with Crippen molar-refractivity contribution >= 4 is 123 Å². The molecular formula is C88H90N18O20S. The van der Waals surface area contributed by atoms with Gasteiger partial charge in [-0.1, -0.05) is 84.9 Å². The number of thiocarbonyl (C=S) groups is 1. The van der Waals surface area contributed by atoms with Crippen LogP contribution in [0.25, 0.3) is 10.9 Å². The molecule has 2 aromatic heterocycles. The summed E-state index contributed by atoms with van der Waals surface area (Å²) in [5, 5.41) is 66.2. The van der Waals surface area contributed by atoms with Gasteiger partial charge in [-0.2, -0.15) is 0 Å². The van der Waals surface area contributed by atoms with Gasteiger partial charge < -0.3 is 115 Å². The molecule has 6 heterocycles. The van der Waals surface area contributed by atoms with Crippen molar-refractivity contribution in [3.05, 3.63) is 238 Å². The monoisotopic (exact) mass is 1750 g/mol. The van der Waals surface area contributed by atoms with E-state index in [0.29, 0.717) is 50.0 Å². The van der Waals surface area contributed by atoms with Gasteiger partial charge in [-0.3, -0.25) is 67.1 Å². The number of H-pyrrole nitrogens is 2. The lowest BCUT2D eigenvalue weighted by Gasteiger charge is -2.36. The number of phenolic OH excluding ortho intramolecular Hbond substituents is 2. The molecular weight excluding hydrogens is 1660 g/mol. The topological polar surface area (TPSA) is 588 Å². The predicted octanol–water partition coefficient (Wildman–Crippen LogP) is 1.47. The number of aromatic nitrogens is 3. The van der Waals surface area contributed by atoms with Crippen LogP contribution in [0.4, 0.5) is 5.69 Å². The first kappa shape index (κ1) is 89.2. The van der Waals surface area contributed by atoms with Crippen LogP contribution in [-0.4, -0.2) is 198 Å². The molecule has 38 nitrogen and oxygen atoms in total. The van der Waals surface area contributed by atoms with Gasteiger partial charge in [0.2, 0.25) is 59.1 Å². The lowest BCUT2D eigenvalue weighted by Crippen LogP contribution is -2.62. The summed E-state index contributed by atoms with van der Waals surface area (Å²) in [6.07, 6.45) is 0.557. The molecule has 13 amide bonds. The molecule has 13 rings (SSSR count). The summed E-state index contributed by atoms with van der Waals surface area (Å²) in [4.78, 5) is 228. The first-order valence-electron chi connectivity index (χ1n) is 40.7. The second kappa shape index (κ2) is 40.2. The predicted molar refractivity (Wildman–Crippen MR) is 458 cm³/mol. The molecule has 4 aliphatic heterocycles. The van der Waals surface area contributed by atoms with E-state index in [0.717, 1.165) is 18.2 Å². The Bertz CT molecular complexity index is 5720. The summed E-state index contributed by atoms with van der Waals surface area (Å²) in [6.45, 7) is -0.953. The van der Waals surface area contributed by atoms with Gasteiger partial charge in [0.05, 0.1) is 30.4 Å². The minimum absolute atomic E-state index is 0.00340. The molecule has 0 aliphatic carbocycles. The number of nitrogens with one attached hydrogen (secondary N) is 15. The van der Waals surface area contributed by atoms with Gasteiger partial charge >= 0.3 is 11.9 Å². The number of carbonyl (C=O) groups is 15. The zero-order valence-electron chi connectivity index (χ0n) is 67.8. The Morgan fingerprint density at radius 3 is 1.72 bits per heavy atom. The molecule has 4 bridgehead atoms. The molecule has 9 aromatic rings. The number of aromatic amines is 2. The Morgan fingerprint density at radius 2 is 1.10 bits per heavy atom. The van der Waals surface area contributed by atoms with Gasteiger partial charge in [0.1, 0.15) is 77.4 Å². The lowest BCUT2D eigenvalue weighted by atomic mass is 9.77. The number of hydrogen-bond acceptors (Lipinski definition) is 21. The molecule has 0 fully saturated rings. The second-order valence-electron chi connectivity index (χ2n) is 30.8. The number of benzene rings is 7. The van der Waals surface area contributed by atoms with Gasteiger partial charge in [0.25, 0.3) is 17.7 Å². The third-order valence-electron chi connectivity index (χ3n) is 21.8. The van der Waals surface area contributed by atoms with Crippen molar-refractivity contribution in [3.8, 4) is 23.0 Å². The number of rotatable bonds is 21. The van der Waals surface area contributed by atoms with Crippen LogP contribution in [0, 0.1) is 0 Å². The number of fused-ring (bicyclic) bond motifs is 15. The van der Waals surface area contributed by atoms with Crippen LogP contribution in [0.3, 0.4) is 0 Å². The quantitative estimate of drug-likeness (QED) is 0.0275. The number of carboxylic acid groups (broad SMARTS) is 1. The van der Waals surface area contributed by atoms with E-state index in [-0.39, 0.29) is 116 Å². The number of nitrogens with zero attached hydrogens (tertiary/aromatic N) is 1. The van der Waals surface area contributed by atoms with Crippen molar-refractivity contribution in [2.45, 2.75) is 137 Å². The van der Waals surface area contributed by atoms with Gasteiger partial charge in [0.15, 0.2) is 10.7 Å². The molecule has 127 heavy (non-hydrogen) atoms. The van der Waals surface area contributed by atoms with Crippen molar-refractivity contribution < 1.29 is 96.7 Å². The summed E-state index contributed by atoms with van der Waals surface area (Å²) in [6, 6.07) is 24.2. The number of imidazole rings is 1. The maximum absolute atomic E-state index is 15.3. The number of unbranched alkanes of at least 4 members (excludes halogenated alkanes) is 1. The molecule has 0 saturated heterocycles. The Morgan fingerprint density at radius 1 is 0.551 bits per heavy atom. The molecule has 22 N–H and O–H groups in total. The van der Waals surface area contributed by atoms with Crippen molar-refractivity contribution in [2.75, 3.05) is 25.0 Å². The normalized spacial score (nSPS) is 20.3. The molecule has 0 radical (unpaired) electrons. The van der Waals surface area contributed by atoms with E-state index < -0.39 is 186 Å². The molecule has 39 heteroatoms.